The molecule has 1 aromatic carbocycles. The van der Waals surface area contributed by atoms with Crippen LogP contribution in [0.2, 0.25) is 0 Å². The first-order valence-electron chi connectivity index (χ1n) is 6.41. The first kappa shape index (κ1) is 15.3. The number of carboxylic acids is 1. The summed E-state index contributed by atoms with van der Waals surface area (Å²) in [6.07, 6.45) is 3.43. The van der Waals surface area contributed by atoms with Crippen LogP contribution in [0.15, 0.2) is 53.7 Å². The molecular formula is C14H16N2O4S. The Bertz CT molecular complexity index is 681. The van der Waals surface area contributed by atoms with Gasteiger partial charge in [0.2, 0.25) is 10.0 Å². The number of benzene rings is 1. The van der Waals surface area contributed by atoms with E-state index < -0.39 is 22.0 Å². The molecule has 0 saturated heterocycles. The molecule has 0 bridgehead atoms. The van der Waals surface area contributed by atoms with Crippen molar-refractivity contribution in [1.29, 1.82) is 0 Å². The van der Waals surface area contributed by atoms with Crippen LogP contribution in [-0.4, -0.2) is 30.5 Å². The van der Waals surface area contributed by atoms with Gasteiger partial charge in [-0.25, -0.2) is 8.42 Å². The lowest BCUT2D eigenvalue weighted by molar-refractivity contribution is -0.139. The Hall–Kier alpha value is -2.12. The van der Waals surface area contributed by atoms with Crippen LogP contribution >= 0.6 is 0 Å². The minimum Gasteiger partial charge on any atom is -0.480 e. The number of nitrogens with one attached hydrogen (secondary N) is 2. The van der Waals surface area contributed by atoms with Crippen molar-refractivity contribution in [2.24, 2.45) is 0 Å². The number of aliphatic carboxylic acids is 1. The molecule has 21 heavy (non-hydrogen) atoms. The van der Waals surface area contributed by atoms with Gasteiger partial charge < -0.3 is 10.1 Å². The highest BCUT2D eigenvalue weighted by molar-refractivity contribution is 7.89. The number of aryl methyl sites for hydroxylation is 1. The molecule has 6 nitrogen and oxygen atoms in total. The van der Waals surface area contributed by atoms with Crippen molar-refractivity contribution in [2.75, 3.05) is 0 Å². The Morgan fingerprint density at radius 2 is 1.95 bits per heavy atom. The maximum absolute atomic E-state index is 12.0. The standard InChI is InChI=1S/C14H16N2O4S/c17-14(18)13(7-6-11-4-2-1-3-5-11)16-21(19,20)12-8-9-15-10-12/h1-5,8-10,13,15-16H,6-7H2,(H,17,18). The van der Waals surface area contributed by atoms with Gasteiger partial charge in [-0.15, -0.1) is 0 Å². The second kappa shape index (κ2) is 6.55. The van der Waals surface area contributed by atoms with E-state index in [1.807, 2.05) is 30.3 Å². The first-order valence-corrected chi connectivity index (χ1v) is 7.89. The van der Waals surface area contributed by atoms with E-state index in [-0.39, 0.29) is 11.3 Å². The summed E-state index contributed by atoms with van der Waals surface area (Å²) in [7, 11) is -3.83. The molecule has 1 heterocycles. The van der Waals surface area contributed by atoms with Crippen LogP contribution < -0.4 is 4.72 Å². The van der Waals surface area contributed by atoms with E-state index in [1.54, 1.807) is 0 Å². The van der Waals surface area contributed by atoms with Gasteiger partial charge in [-0.1, -0.05) is 30.3 Å². The lowest BCUT2D eigenvalue weighted by atomic mass is 10.1. The van der Waals surface area contributed by atoms with Gasteiger partial charge in [0.1, 0.15) is 6.04 Å². The van der Waals surface area contributed by atoms with Gasteiger partial charge in [0.25, 0.3) is 0 Å². The molecule has 0 radical (unpaired) electrons. The highest BCUT2D eigenvalue weighted by atomic mass is 32.2. The zero-order chi connectivity index (χ0) is 15.3. The molecule has 0 fully saturated rings. The number of H-pyrrole nitrogens is 1. The maximum atomic E-state index is 12.0. The molecule has 2 aromatic rings. The van der Waals surface area contributed by atoms with E-state index in [0.717, 1.165) is 5.56 Å². The molecule has 0 aliphatic heterocycles. The maximum Gasteiger partial charge on any atom is 0.321 e. The number of aromatic amines is 1. The largest absolute Gasteiger partial charge is 0.480 e. The Morgan fingerprint density at radius 3 is 2.52 bits per heavy atom. The molecule has 7 heteroatoms. The molecule has 1 unspecified atom stereocenters. The molecule has 112 valence electrons. The number of hydrogen-bond acceptors (Lipinski definition) is 3. The van der Waals surface area contributed by atoms with E-state index in [1.165, 1.54) is 18.5 Å². The van der Waals surface area contributed by atoms with Crippen LogP contribution in [0.4, 0.5) is 0 Å². The number of rotatable bonds is 7. The quantitative estimate of drug-likeness (QED) is 0.719. The van der Waals surface area contributed by atoms with Gasteiger partial charge in [-0.05, 0) is 24.5 Å². The van der Waals surface area contributed by atoms with Crippen molar-refractivity contribution in [2.45, 2.75) is 23.8 Å². The number of carbonyl (C=O) groups is 1. The van der Waals surface area contributed by atoms with Crippen LogP contribution in [0.1, 0.15) is 12.0 Å². The minimum absolute atomic E-state index is 0.0217. The Labute approximate surface area is 122 Å². The van der Waals surface area contributed by atoms with Gasteiger partial charge in [-0.2, -0.15) is 4.72 Å². The van der Waals surface area contributed by atoms with Gasteiger partial charge >= 0.3 is 5.97 Å². The summed E-state index contributed by atoms with van der Waals surface area (Å²) in [5, 5.41) is 9.18. The number of hydrogen-bond donors (Lipinski definition) is 3. The molecule has 1 atom stereocenters. The minimum atomic E-state index is -3.83. The van der Waals surface area contributed by atoms with Crippen LogP contribution in [0.5, 0.6) is 0 Å². The number of sulfonamides is 1. The summed E-state index contributed by atoms with van der Waals surface area (Å²) in [6.45, 7) is 0. The molecule has 0 aliphatic rings. The van der Waals surface area contributed by atoms with Crippen LogP contribution in [0.25, 0.3) is 0 Å². The van der Waals surface area contributed by atoms with Crippen molar-refractivity contribution in [3.8, 4) is 0 Å². The number of aromatic nitrogens is 1. The zero-order valence-corrected chi connectivity index (χ0v) is 12.0. The first-order chi connectivity index (χ1) is 9.99. The summed E-state index contributed by atoms with van der Waals surface area (Å²) < 4.78 is 26.3. The molecule has 0 spiro atoms. The predicted octanol–water partition coefficient (Wildman–Crippen LogP) is 1.38. The summed E-state index contributed by atoms with van der Waals surface area (Å²) in [5.41, 5.74) is 0.963. The second-order valence-electron chi connectivity index (χ2n) is 4.58. The number of carboxylic acid groups (broad SMARTS) is 1. The third kappa shape index (κ3) is 4.17. The van der Waals surface area contributed by atoms with Crippen LogP contribution in [0, 0.1) is 0 Å². The van der Waals surface area contributed by atoms with E-state index >= 15 is 0 Å². The van der Waals surface area contributed by atoms with Gasteiger partial charge in [0, 0.05) is 12.4 Å². The second-order valence-corrected chi connectivity index (χ2v) is 6.30. The summed E-state index contributed by atoms with van der Waals surface area (Å²) in [4.78, 5) is 13.9. The molecule has 0 saturated carbocycles. The zero-order valence-electron chi connectivity index (χ0n) is 11.2. The average molecular weight is 308 g/mol. The molecular weight excluding hydrogens is 292 g/mol. The highest BCUT2D eigenvalue weighted by Gasteiger charge is 2.25. The van der Waals surface area contributed by atoms with Gasteiger partial charge in [0.05, 0.1) is 4.90 Å². The normalized spacial score (nSPS) is 13.0. The monoisotopic (exact) mass is 308 g/mol. The fourth-order valence-electron chi connectivity index (χ4n) is 1.92. The molecule has 1 aromatic heterocycles. The third-order valence-electron chi connectivity index (χ3n) is 3.04. The van der Waals surface area contributed by atoms with Crippen molar-refractivity contribution in [3.05, 3.63) is 54.4 Å². The predicted molar refractivity (Wildman–Crippen MR) is 77.3 cm³/mol. The lowest BCUT2D eigenvalue weighted by Gasteiger charge is -2.14. The molecule has 0 aliphatic carbocycles. The Balaban J connectivity index is 2.05. The SMILES string of the molecule is O=C(O)C(CCc1ccccc1)NS(=O)(=O)c1cc[nH]c1. The average Bonchev–Trinajstić information content (AvgIpc) is 2.99. The van der Waals surface area contributed by atoms with Crippen molar-refractivity contribution < 1.29 is 18.3 Å². The molecule has 0 amide bonds. The summed E-state index contributed by atoms with van der Waals surface area (Å²) in [6, 6.07) is 9.54. The van der Waals surface area contributed by atoms with Crippen molar-refractivity contribution >= 4 is 16.0 Å². The van der Waals surface area contributed by atoms with Gasteiger partial charge in [-0.3, -0.25) is 4.79 Å². The molecule has 3 N–H and O–H groups in total. The lowest BCUT2D eigenvalue weighted by Crippen LogP contribution is -2.40. The Morgan fingerprint density at radius 1 is 1.24 bits per heavy atom. The van der Waals surface area contributed by atoms with Crippen LogP contribution in [0.3, 0.4) is 0 Å². The van der Waals surface area contributed by atoms with E-state index in [9.17, 15) is 18.3 Å². The van der Waals surface area contributed by atoms with Gasteiger partial charge in [0.15, 0.2) is 0 Å². The fraction of sp³-hybridized carbons (Fsp3) is 0.214. The topological polar surface area (TPSA) is 99.3 Å². The van der Waals surface area contributed by atoms with E-state index in [0.29, 0.717) is 6.42 Å². The highest BCUT2D eigenvalue weighted by Crippen LogP contribution is 2.11. The summed E-state index contributed by atoms with van der Waals surface area (Å²) in [5.74, 6) is -1.19. The summed E-state index contributed by atoms with van der Waals surface area (Å²) >= 11 is 0. The third-order valence-corrected chi connectivity index (χ3v) is 4.51. The van der Waals surface area contributed by atoms with Crippen molar-refractivity contribution in [1.82, 2.24) is 9.71 Å². The fourth-order valence-corrected chi connectivity index (χ4v) is 3.12. The van der Waals surface area contributed by atoms with E-state index in [4.69, 9.17) is 0 Å². The van der Waals surface area contributed by atoms with Crippen molar-refractivity contribution in [3.63, 3.8) is 0 Å². The van der Waals surface area contributed by atoms with Crippen LogP contribution in [-0.2, 0) is 21.2 Å². The van der Waals surface area contributed by atoms with E-state index in [2.05, 4.69) is 9.71 Å². The Kier molecular flexibility index (Phi) is 4.77. The smallest absolute Gasteiger partial charge is 0.321 e. The molecule has 2 rings (SSSR count).